The van der Waals surface area contributed by atoms with Gasteiger partial charge in [0.05, 0.1) is 48.3 Å². The van der Waals surface area contributed by atoms with E-state index in [4.69, 9.17) is 19.3 Å². The molecule has 1 aromatic heterocycles. The van der Waals surface area contributed by atoms with Gasteiger partial charge in [-0.25, -0.2) is 14.3 Å². The molecule has 4 rings (SSSR count). The van der Waals surface area contributed by atoms with Gasteiger partial charge < -0.3 is 19.5 Å². The lowest BCUT2D eigenvalue weighted by atomic mass is 9.79. The third-order valence-electron chi connectivity index (χ3n) is 7.08. The fourth-order valence-corrected chi connectivity index (χ4v) is 4.99. The van der Waals surface area contributed by atoms with Crippen molar-refractivity contribution in [2.45, 2.75) is 61.3 Å². The summed E-state index contributed by atoms with van der Waals surface area (Å²) in [4.78, 5) is 27.6. The number of ether oxygens (including phenoxy) is 3. The minimum Gasteiger partial charge on any atom is -0.493 e. The van der Waals surface area contributed by atoms with E-state index in [-0.39, 0.29) is 25.0 Å². The lowest BCUT2D eigenvalue weighted by molar-refractivity contribution is -0.141. The van der Waals surface area contributed by atoms with Gasteiger partial charge in [-0.1, -0.05) is 59.7 Å². The van der Waals surface area contributed by atoms with Crippen LogP contribution in [0.5, 0.6) is 5.75 Å². The van der Waals surface area contributed by atoms with Crippen molar-refractivity contribution < 1.29 is 23.8 Å². The van der Waals surface area contributed by atoms with E-state index >= 15 is 0 Å². The molecule has 0 aliphatic carbocycles. The summed E-state index contributed by atoms with van der Waals surface area (Å²) in [5, 5.41) is 8.28. The number of aromatic nitrogens is 2. The Labute approximate surface area is 261 Å². The van der Waals surface area contributed by atoms with Crippen molar-refractivity contribution in [3.8, 4) is 22.7 Å². The summed E-state index contributed by atoms with van der Waals surface area (Å²) in [6, 6.07) is 17.5. The van der Waals surface area contributed by atoms with Crippen molar-refractivity contribution >= 4 is 11.9 Å². The van der Waals surface area contributed by atoms with Crippen molar-refractivity contribution in [3.63, 3.8) is 0 Å². The van der Waals surface area contributed by atoms with Crippen LogP contribution in [-0.4, -0.2) is 41.5 Å². The number of nitrogens with zero attached hydrogens (tertiary/aromatic N) is 2. The van der Waals surface area contributed by atoms with Crippen LogP contribution in [0.1, 0.15) is 66.9 Å². The first kappa shape index (κ1) is 32.6. The summed E-state index contributed by atoms with van der Waals surface area (Å²) in [6.07, 6.45) is 1.90. The fourth-order valence-electron chi connectivity index (χ4n) is 4.99. The molecule has 0 saturated heterocycles. The number of carbonyl (C=O) groups is 2. The molecule has 0 spiro atoms. The Hall–Kier alpha value is -4.33. The zero-order valence-electron chi connectivity index (χ0n) is 27.1. The molecule has 0 amide bonds. The lowest BCUT2D eigenvalue weighted by Crippen LogP contribution is -2.33. The molecule has 1 N–H and O–H groups in total. The molecular formula is C36H45N3O5. The maximum absolute atomic E-state index is 13.8. The molecule has 3 aromatic rings. The van der Waals surface area contributed by atoms with Gasteiger partial charge in [-0.05, 0) is 68.0 Å². The molecule has 0 atom stereocenters. The van der Waals surface area contributed by atoms with E-state index in [0.29, 0.717) is 46.3 Å². The van der Waals surface area contributed by atoms with Crippen LogP contribution < -0.4 is 10.1 Å². The monoisotopic (exact) mass is 599 g/mol. The predicted octanol–water partition coefficient (Wildman–Crippen LogP) is 7.21. The number of hydrogen-bond acceptors (Lipinski definition) is 7. The van der Waals surface area contributed by atoms with Crippen molar-refractivity contribution in [3.05, 3.63) is 88.9 Å². The van der Waals surface area contributed by atoms with Crippen molar-refractivity contribution in [2.24, 2.45) is 17.8 Å². The van der Waals surface area contributed by atoms with Gasteiger partial charge in [0, 0.05) is 28.7 Å². The Kier molecular flexibility index (Phi) is 10.7. The number of esters is 2. The largest absolute Gasteiger partial charge is 0.493 e. The molecule has 2 aromatic carbocycles. The summed E-state index contributed by atoms with van der Waals surface area (Å²) in [6.45, 7) is 16.9. The molecule has 2 heterocycles. The predicted molar refractivity (Wildman–Crippen MR) is 172 cm³/mol. The lowest BCUT2D eigenvalue weighted by Gasteiger charge is -2.30. The number of hydrogen-bond donors (Lipinski definition) is 1. The fraction of sp³-hybridized carbons (Fsp3) is 0.417. The van der Waals surface area contributed by atoms with Gasteiger partial charge in [-0.2, -0.15) is 5.10 Å². The molecule has 1 aliphatic heterocycles. The molecule has 0 radical (unpaired) electrons. The molecule has 44 heavy (non-hydrogen) atoms. The van der Waals surface area contributed by atoms with Gasteiger partial charge in [0.15, 0.2) is 0 Å². The van der Waals surface area contributed by atoms with Crippen molar-refractivity contribution in [2.75, 3.05) is 19.8 Å². The Bertz CT molecular complexity index is 1470. The molecule has 234 valence electrons. The van der Waals surface area contributed by atoms with Crippen molar-refractivity contribution in [1.29, 1.82) is 0 Å². The number of nitrogens with one attached hydrogen (secondary N) is 1. The highest BCUT2D eigenvalue weighted by Gasteiger charge is 2.40. The average molecular weight is 600 g/mol. The Morgan fingerprint density at radius 1 is 0.773 bits per heavy atom. The molecule has 1 aliphatic rings. The minimum atomic E-state index is -0.778. The highest BCUT2D eigenvalue weighted by atomic mass is 16.5. The second-order valence-corrected chi connectivity index (χ2v) is 12.6. The van der Waals surface area contributed by atoms with Gasteiger partial charge in [0.2, 0.25) is 0 Å². The Balaban J connectivity index is 1.91. The standard InChI is InChI=1S/C36H45N3O5/c1-22(2)19-42-29-16-14-27(15-17-29)34-30(18-39(38-34)28-12-10-9-11-13-28)33-31(35(40)43-20-23(3)4)25(7)37-26(8)32(33)36(41)44-21-24(5)6/h9-18,22-24,33,37H,19-21H2,1-8H3. The summed E-state index contributed by atoms with van der Waals surface area (Å²) in [7, 11) is 0. The van der Waals surface area contributed by atoms with Gasteiger partial charge in [-0.15, -0.1) is 0 Å². The van der Waals surface area contributed by atoms with E-state index in [9.17, 15) is 9.59 Å². The van der Waals surface area contributed by atoms with Crippen LogP contribution >= 0.6 is 0 Å². The first-order valence-corrected chi connectivity index (χ1v) is 15.4. The van der Waals surface area contributed by atoms with Gasteiger partial charge >= 0.3 is 11.9 Å². The third-order valence-corrected chi connectivity index (χ3v) is 7.08. The van der Waals surface area contributed by atoms with E-state index in [0.717, 1.165) is 17.0 Å². The molecule has 8 nitrogen and oxygen atoms in total. The van der Waals surface area contributed by atoms with Crippen molar-refractivity contribution in [1.82, 2.24) is 15.1 Å². The minimum absolute atomic E-state index is 0.149. The maximum Gasteiger partial charge on any atom is 0.336 e. The molecule has 8 heteroatoms. The van der Waals surface area contributed by atoms with Crippen LogP contribution in [-0.2, 0) is 19.1 Å². The molecule has 0 saturated carbocycles. The number of dihydropyridines is 1. The van der Waals surface area contributed by atoms with E-state index in [1.165, 1.54) is 0 Å². The number of benzene rings is 2. The van der Waals surface area contributed by atoms with E-state index in [2.05, 4.69) is 19.2 Å². The number of carbonyl (C=O) groups excluding carboxylic acids is 2. The highest BCUT2D eigenvalue weighted by Crippen LogP contribution is 2.43. The number of para-hydroxylation sites is 1. The zero-order valence-corrected chi connectivity index (χ0v) is 27.1. The van der Waals surface area contributed by atoms with Crippen LogP contribution in [0, 0.1) is 17.8 Å². The smallest absolute Gasteiger partial charge is 0.336 e. The molecule has 0 unspecified atom stereocenters. The second-order valence-electron chi connectivity index (χ2n) is 12.6. The quantitative estimate of drug-likeness (QED) is 0.220. The first-order chi connectivity index (χ1) is 21.0. The summed E-state index contributed by atoms with van der Waals surface area (Å²) < 4.78 is 19.3. The normalized spacial score (nSPS) is 14.0. The van der Waals surface area contributed by atoms with Crippen LogP contribution in [0.4, 0.5) is 0 Å². The molecule has 0 fully saturated rings. The van der Waals surface area contributed by atoms with Crippen LogP contribution in [0.3, 0.4) is 0 Å². The zero-order chi connectivity index (χ0) is 32.0. The second kappa shape index (κ2) is 14.4. The van der Waals surface area contributed by atoms with Gasteiger partial charge in [0.1, 0.15) is 5.75 Å². The van der Waals surface area contributed by atoms with Crippen LogP contribution in [0.25, 0.3) is 16.9 Å². The topological polar surface area (TPSA) is 91.7 Å². The Morgan fingerprint density at radius 2 is 1.30 bits per heavy atom. The van der Waals surface area contributed by atoms with Gasteiger partial charge in [0.25, 0.3) is 0 Å². The Morgan fingerprint density at radius 3 is 1.80 bits per heavy atom. The van der Waals surface area contributed by atoms with E-state index in [1.54, 1.807) is 4.68 Å². The summed E-state index contributed by atoms with van der Waals surface area (Å²) >= 11 is 0. The summed E-state index contributed by atoms with van der Waals surface area (Å²) in [5.41, 5.74) is 4.97. The van der Waals surface area contributed by atoms with E-state index < -0.39 is 17.9 Å². The molecular weight excluding hydrogens is 554 g/mol. The first-order valence-electron chi connectivity index (χ1n) is 15.4. The third kappa shape index (κ3) is 7.78. The maximum atomic E-state index is 13.8. The highest BCUT2D eigenvalue weighted by molar-refractivity contribution is 6.00. The summed E-state index contributed by atoms with van der Waals surface area (Å²) in [5.74, 6) is -0.283. The SMILES string of the molecule is CC1=C(C(=O)OCC(C)C)C(c2cn(-c3ccccc3)nc2-c2ccc(OCC(C)C)cc2)C(C(=O)OCC(C)C)=C(C)N1. The van der Waals surface area contributed by atoms with Gasteiger partial charge in [-0.3, -0.25) is 0 Å². The number of allylic oxidation sites excluding steroid dienone is 2. The van der Waals surface area contributed by atoms with Crippen LogP contribution in [0.2, 0.25) is 0 Å². The molecule has 0 bridgehead atoms. The average Bonchev–Trinajstić information content (AvgIpc) is 3.43. The van der Waals surface area contributed by atoms with Crippen LogP contribution in [0.15, 0.2) is 83.3 Å². The van der Waals surface area contributed by atoms with E-state index in [1.807, 2.05) is 102 Å². The number of rotatable bonds is 12.